The molecule has 1 saturated heterocycles. The predicted molar refractivity (Wildman–Crippen MR) is 105 cm³/mol. The second kappa shape index (κ2) is 6.16. The number of thiazole rings is 1. The fourth-order valence-corrected chi connectivity index (χ4v) is 4.97. The first-order chi connectivity index (χ1) is 12.3. The quantitative estimate of drug-likeness (QED) is 0.845. The zero-order valence-corrected chi connectivity index (χ0v) is 16.6. The third-order valence-corrected chi connectivity index (χ3v) is 6.66. The molecule has 0 unspecified atom stereocenters. The van der Waals surface area contributed by atoms with E-state index in [0.29, 0.717) is 5.13 Å². The first kappa shape index (κ1) is 17.7. The highest BCUT2D eigenvalue weighted by Crippen LogP contribution is 2.44. The SMILES string of the molecule is CC(C)(C)c1nc2c(c(=O)[nH]1)CCC21CCN(Cc2cnc(N)s2)CC1. The summed E-state index contributed by atoms with van der Waals surface area (Å²) in [5.74, 6) is 0.810. The second-order valence-electron chi connectivity index (χ2n) is 8.71. The third kappa shape index (κ3) is 3.07. The second-order valence-corrected chi connectivity index (χ2v) is 9.86. The lowest BCUT2D eigenvalue weighted by Gasteiger charge is -2.39. The Morgan fingerprint density at radius 2 is 2.04 bits per heavy atom. The molecule has 3 N–H and O–H groups in total. The van der Waals surface area contributed by atoms with Crippen LogP contribution in [-0.4, -0.2) is 32.9 Å². The van der Waals surface area contributed by atoms with Crippen LogP contribution in [0.3, 0.4) is 0 Å². The largest absolute Gasteiger partial charge is 0.375 e. The van der Waals surface area contributed by atoms with Gasteiger partial charge < -0.3 is 10.7 Å². The van der Waals surface area contributed by atoms with E-state index in [4.69, 9.17) is 10.7 Å². The van der Waals surface area contributed by atoms with Crippen LogP contribution in [0.5, 0.6) is 0 Å². The summed E-state index contributed by atoms with van der Waals surface area (Å²) < 4.78 is 0. The van der Waals surface area contributed by atoms with Crippen molar-refractivity contribution < 1.29 is 0 Å². The van der Waals surface area contributed by atoms with Gasteiger partial charge >= 0.3 is 0 Å². The number of nitrogens with two attached hydrogens (primary N) is 1. The molecule has 3 heterocycles. The lowest BCUT2D eigenvalue weighted by molar-refractivity contribution is 0.150. The molecule has 0 amide bonds. The van der Waals surface area contributed by atoms with Gasteiger partial charge in [0.1, 0.15) is 5.82 Å². The minimum absolute atomic E-state index is 0.0689. The Balaban J connectivity index is 1.56. The molecule has 0 aromatic carbocycles. The number of rotatable bonds is 2. The van der Waals surface area contributed by atoms with Gasteiger partial charge in [-0.3, -0.25) is 9.69 Å². The number of likely N-dealkylation sites (tertiary alicyclic amines) is 1. The summed E-state index contributed by atoms with van der Waals surface area (Å²) in [4.78, 5) is 28.4. The third-order valence-electron chi connectivity index (χ3n) is 5.85. The molecule has 0 bridgehead atoms. The molecule has 6 nitrogen and oxygen atoms in total. The first-order valence-corrected chi connectivity index (χ1v) is 10.2. The van der Waals surface area contributed by atoms with Gasteiger partial charge in [0.05, 0.1) is 5.69 Å². The van der Waals surface area contributed by atoms with Crippen LogP contribution in [0.25, 0.3) is 0 Å². The van der Waals surface area contributed by atoms with E-state index in [1.165, 1.54) is 4.88 Å². The number of aromatic nitrogens is 3. The maximum Gasteiger partial charge on any atom is 0.254 e. The minimum Gasteiger partial charge on any atom is -0.375 e. The van der Waals surface area contributed by atoms with Crippen molar-refractivity contribution in [1.29, 1.82) is 0 Å². The van der Waals surface area contributed by atoms with Gasteiger partial charge in [-0.25, -0.2) is 9.97 Å². The molecule has 4 rings (SSSR count). The Labute approximate surface area is 157 Å². The maximum absolute atomic E-state index is 12.6. The van der Waals surface area contributed by atoms with Gasteiger partial charge in [0.15, 0.2) is 5.13 Å². The van der Waals surface area contributed by atoms with Crippen molar-refractivity contribution in [3.63, 3.8) is 0 Å². The number of nitrogen functional groups attached to an aromatic ring is 1. The lowest BCUT2D eigenvalue weighted by Crippen LogP contribution is -2.42. The summed E-state index contributed by atoms with van der Waals surface area (Å²) in [6, 6.07) is 0. The summed E-state index contributed by atoms with van der Waals surface area (Å²) in [5, 5.41) is 0.635. The van der Waals surface area contributed by atoms with Crippen LogP contribution in [0.1, 0.15) is 62.0 Å². The van der Waals surface area contributed by atoms with Crippen LogP contribution in [-0.2, 0) is 23.8 Å². The molecule has 7 heteroatoms. The molecule has 26 heavy (non-hydrogen) atoms. The van der Waals surface area contributed by atoms with Gasteiger partial charge in [0, 0.05) is 34.0 Å². The van der Waals surface area contributed by atoms with E-state index in [1.54, 1.807) is 11.3 Å². The smallest absolute Gasteiger partial charge is 0.254 e. The zero-order valence-electron chi connectivity index (χ0n) is 15.8. The minimum atomic E-state index is -0.148. The number of hydrogen-bond acceptors (Lipinski definition) is 6. The van der Waals surface area contributed by atoms with Crippen LogP contribution in [0, 0.1) is 0 Å². The van der Waals surface area contributed by atoms with Crippen LogP contribution in [0.15, 0.2) is 11.0 Å². The summed E-state index contributed by atoms with van der Waals surface area (Å²) in [7, 11) is 0. The van der Waals surface area contributed by atoms with E-state index < -0.39 is 0 Å². The van der Waals surface area contributed by atoms with Gasteiger partial charge in [-0.2, -0.15) is 0 Å². The Morgan fingerprint density at radius 1 is 1.31 bits per heavy atom. The molecule has 140 valence electrons. The van der Waals surface area contributed by atoms with Crippen molar-refractivity contribution in [1.82, 2.24) is 19.9 Å². The zero-order chi connectivity index (χ0) is 18.5. The molecule has 0 saturated carbocycles. The lowest BCUT2D eigenvalue weighted by atomic mass is 9.76. The van der Waals surface area contributed by atoms with E-state index in [-0.39, 0.29) is 16.4 Å². The average Bonchev–Trinajstić information content (AvgIpc) is 3.14. The summed E-state index contributed by atoms with van der Waals surface area (Å²) in [6.45, 7) is 9.26. The summed E-state index contributed by atoms with van der Waals surface area (Å²) in [6.07, 6.45) is 5.91. The van der Waals surface area contributed by atoms with Crippen LogP contribution in [0.2, 0.25) is 0 Å². The molecule has 2 aliphatic rings. The van der Waals surface area contributed by atoms with Crippen molar-refractivity contribution in [2.45, 2.75) is 63.8 Å². The van der Waals surface area contributed by atoms with Crippen molar-refractivity contribution in [2.75, 3.05) is 18.8 Å². The van der Waals surface area contributed by atoms with Crippen LogP contribution >= 0.6 is 11.3 Å². The highest BCUT2D eigenvalue weighted by Gasteiger charge is 2.44. The Morgan fingerprint density at radius 3 is 2.65 bits per heavy atom. The van der Waals surface area contributed by atoms with E-state index >= 15 is 0 Å². The topological polar surface area (TPSA) is 87.9 Å². The monoisotopic (exact) mass is 373 g/mol. The molecular weight excluding hydrogens is 346 g/mol. The fourth-order valence-electron chi connectivity index (χ4n) is 4.25. The van der Waals surface area contributed by atoms with E-state index in [2.05, 4.69) is 35.6 Å². The number of aromatic amines is 1. The van der Waals surface area contributed by atoms with Gasteiger partial charge in [0.2, 0.25) is 0 Å². The molecule has 0 atom stereocenters. The Hall–Kier alpha value is -1.73. The van der Waals surface area contributed by atoms with Gasteiger partial charge in [-0.05, 0) is 38.8 Å². The van der Waals surface area contributed by atoms with E-state index in [1.807, 2.05) is 6.20 Å². The number of hydrogen-bond donors (Lipinski definition) is 2. The molecule has 0 radical (unpaired) electrons. The summed E-state index contributed by atoms with van der Waals surface area (Å²) in [5.41, 5.74) is 7.73. The average molecular weight is 374 g/mol. The number of H-pyrrole nitrogens is 1. The highest BCUT2D eigenvalue weighted by atomic mass is 32.1. The number of fused-ring (bicyclic) bond motifs is 2. The van der Waals surface area contributed by atoms with Crippen molar-refractivity contribution in [3.8, 4) is 0 Å². The standard InChI is InChI=1S/C19H27N5OS/c1-18(2,3)16-22-14-13(15(25)23-16)4-5-19(14)6-8-24(9-7-19)11-12-10-21-17(20)26-12/h10H,4-9,11H2,1-3H3,(H2,20,21)(H,22,23,25). The van der Waals surface area contributed by atoms with Gasteiger partial charge in [-0.15, -0.1) is 11.3 Å². The molecule has 1 aliphatic heterocycles. The van der Waals surface area contributed by atoms with Crippen LogP contribution < -0.4 is 11.3 Å². The van der Waals surface area contributed by atoms with Crippen molar-refractivity contribution in [2.24, 2.45) is 0 Å². The maximum atomic E-state index is 12.6. The molecule has 2 aromatic heterocycles. The first-order valence-electron chi connectivity index (χ1n) is 9.34. The predicted octanol–water partition coefficient (Wildman–Crippen LogP) is 2.59. The molecular formula is C19H27N5OS. The van der Waals surface area contributed by atoms with Crippen molar-refractivity contribution >= 4 is 16.5 Å². The highest BCUT2D eigenvalue weighted by molar-refractivity contribution is 7.15. The number of nitrogens with zero attached hydrogens (tertiary/aromatic N) is 3. The fraction of sp³-hybridized carbons (Fsp3) is 0.632. The number of anilines is 1. The Bertz CT molecular complexity index is 871. The molecule has 2 aromatic rings. The van der Waals surface area contributed by atoms with Crippen LogP contribution in [0.4, 0.5) is 5.13 Å². The molecule has 1 fully saturated rings. The Kier molecular flexibility index (Phi) is 4.19. The number of nitrogens with one attached hydrogen (secondary N) is 1. The van der Waals surface area contributed by atoms with Gasteiger partial charge in [0.25, 0.3) is 5.56 Å². The summed E-state index contributed by atoms with van der Waals surface area (Å²) >= 11 is 1.57. The molecule has 1 spiro atoms. The molecule has 1 aliphatic carbocycles. The van der Waals surface area contributed by atoms with Crippen molar-refractivity contribution in [3.05, 3.63) is 38.5 Å². The van der Waals surface area contributed by atoms with E-state index in [9.17, 15) is 4.79 Å². The van der Waals surface area contributed by atoms with Gasteiger partial charge in [-0.1, -0.05) is 20.8 Å². The number of piperidine rings is 1. The normalized spacial score (nSPS) is 19.8. The van der Waals surface area contributed by atoms with E-state index in [0.717, 1.165) is 62.4 Å².